The maximum atomic E-state index is 4.25. The van der Waals surface area contributed by atoms with Crippen molar-refractivity contribution in [2.75, 3.05) is 6.54 Å². The SMILES string of the molecule is Cn1nccc1CN(C/C=C/c1ccccc1)C1CC1. The van der Waals surface area contributed by atoms with Gasteiger partial charge >= 0.3 is 0 Å². The van der Waals surface area contributed by atoms with Gasteiger partial charge in [-0.25, -0.2) is 0 Å². The summed E-state index contributed by atoms with van der Waals surface area (Å²) in [7, 11) is 2.01. The summed E-state index contributed by atoms with van der Waals surface area (Å²) in [4.78, 5) is 2.54. The zero-order valence-corrected chi connectivity index (χ0v) is 11.9. The lowest BCUT2D eigenvalue weighted by molar-refractivity contribution is 0.276. The predicted molar refractivity (Wildman–Crippen MR) is 82.1 cm³/mol. The van der Waals surface area contributed by atoms with Gasteiger partial charge in [0.05, 0.1) is 5.69 Å². The Kier molecular flexibility index (Phi) is 3.97. The summed E-state index contributed by atoms with van der Waals surface area (Å²) in [6, 6.07) is 13.3. The average Bonchev–Trinajstić information content (AvgIpc) is 3.24. The van der Waals surface area contributed by atoms with Crippen LogP contribution in [0.5, 0.6) is 0 Å². The summed E-state index contributed by atoms with van der Waals surface area (Å²) in [6.45, 7) is 1.99. The molecular formula is C17H21N3. The number of nitrogens with zero attached hydrogens (tertiary/aromatic N) is 3. The Morgan fingerprint density at radius 1 is 1.25 bits per heavy atom. The van der Waals surface area contributed by atoms with Crippen LogP contribution in [0.2, 0.25) is 0 Å². The zero-order valence-electron chi connectivity index (χ0n) is 11.9. The first-order valence-electron chi connectivity index (χ1n) is 7.25. The molecule has 1 saturated carbocycles. The Morgan fingerprint density at radius 2 is 2.05 bits per heavy atom. The topological polar surface area (TPSA) is 21.1 Å². The summed E-state index contributed by atoms with van der Waals surface area (Å²) in [5, 5.41) is 4.25. The van der Waals surface area contributed by atoms with Crippen LogP contribution in [-0.2, 0) is 13.6 Å². The Hall–Kier alpha value is -1.87. The average molecular weight is 267 g/mol. The van der Waals surface area contributed by atoms with E-state index in [1.807, 2.05) is 17.9 Å². The second-order valence-corrected chi connectivity index (χ2v) is 5.42. The molecule has 1 aliphatic rings. The first-order valence-corrected chi connectivity index (χ1v) is 7.25. The third kappa shape index (κ3) is 3.36. The van der Waals surface area contributed by atoms with Gasteiger partial charge in [0.15, 0.2) is 0 Å². The molecule has 1 aromatic carbocycles. The van der Waals surface area contributed by atoms with Crippen molar-refractivity contribution in [3.63, 3.8) is 0 Å². The molecule has 0 unspecified atom stereocenters. The Morgan fingerprint density at radius 3 is 2.70 bits per heavy atom. The van der Waals surface area contributed by atoms with Crippen LogP contribution < -0.4 is 0 Å². The minimum Gasteiger partial charge on any atom is -0.291 e. The molecule has 0 amide bonds. The molecule has 0 atom stereocenters. The molecule has 1 heterocycles. The Labute approximate surface area is 120 Å². The maximum absolute atomic E-state index is 4.25. The van der Waals surface area contributed by atoms with Gasteiger partial charge in [0.25, 0.3) is 0 Å². The standard InChI is InChI=1S/C17H21N3/c1-19-17(11-12-18-19)14-20(16-9-10-16)13-5-8-15-6-3-2-4-7-15/h2-8,11-12,16H,9-10,13-14H2,1H3/b8-5+. The van der Waals surface area contributed by atoms with E-state index in [-0.39, 0.29) is 0 Å². The van der Waals surface area contributed by atoms with E-state index in [4.69, 9.17) is 0 Å². The highest BCUT2D eigenvalue weighted by Crippen LogP contribution is 2.28. The summed E-state index contributed by atoms with van der Waals surface area (Å²) < 4.78 is 1.97. The van der Waals surface area contributed by atoms with Gasteiger partial charge in [0.2, 0.25) is 0 Å². The number of aryl methyl sites for hydroxylation is 1. The molecular weight excluding hydrogens is 246 g/mol. The quantitative estimate of drug-likeness (QED) is 0.802. The van der Waals surface area contributed by atoms with Crippen LogP contribution in [0.3, 0.4) is 0 Å². The molecule has 0 aliphatic heterocycles. The van der Waals surface area contributed by atoms with E-state index in [0.29, 0.717) is 0 Å². The monoisotopic (exact) mass is 267 g/mol. The van der Waals surface area contributed by atoms with E-state index in [2.05, 4.69) is 58.5 Å². The minimum atomic E-state index is 0.755. The van der Waals surface area contributed by atoms with Crippen molar-refractivity contribution in [1.29, 1.82) is 0 Å². The largest absolute Gasteiger partial charge is 0.291 e. The fourth-order valence-corrected chi connectivity index (χ4v) is 2.44. The lowest BCUT2D eigenvalue weighted by atomic mass is 10.2. The second kappa shape index (κ2) is 6.06. The molecule has 0 N–H and O–H groups in total. The highest BCUT2D eigenvalue weighted by molar-refractivity contribution is 5.48. The molecule has 0 radical (unpaired) electrons. The number of hydrogen-bond donors (Lipinski definition) is 0. The van der Waals surface area contributed by atoms with Crippen molar-refractivity contribution in [1.82, 2.24) is 14.7 Å². The molecule has 104 valence electrons. The Balaban J connectivity index is 1.61. The van der Waals surface area contributed by atoms with E-state index in [9.17, 15) is 0 Å². The van der Waals surface area contributed by atoms with Crippen LogP contribution in [0.1, 0.15) is 24.1 Å². The molecule has 0 spiro atoms. The van der Waals surface area contributed by atoms with Gasteiger partial charge < -0.3 is 0 Å². The van der Waals surface area contributed by atoms with Crippen LogP contribution in [0.25, 0.3) is 6.08 Å². The smallest absolute Gasteiger partial charge is 0.0521 e. The van der Waals surface area contributed by atoms with Crippen LogP contribution in [0.4, 0.5) is 0 Å². The summed E-state index contributed by atoms with van der Waals surface area (Å²) in [5.74, 6) is 0. The third-order valence-electron chi connectivity index (χ3n) is 3.80. The van der Waals surface area contributed by atoms with Crippen molar-refractivity contribution in [3.05, 3.63) is 59.9 Å². The van der Waals surface area contributed by atoms with Gasteiger partial charge in [0, 0.05) is 32.4 Å². The minimum absolute atomic E-state index is 0.755. The highest BCUT2D eigenvalue weighted by atomic mass is 15.3. The number of benzene rings is 1. The van der Waals surface area contributed by atoms with Crippen molar-refractivity contribution < 1.29 is 0 Å². The fourth-order valence-electron chi connectivity index (χ4n) is 2.44. The molecule has 0 saturated heterocycles. The van der Waals surface area contributed by atoms with Gasteiger partial charge in [-0.3, -0.25) is 9.58 Å². The lowest BCUT2D eigenvalue weighted by Crippen LogP contribution is -2.26. The molecule has 1 aromatic heterocycles. The van der Waals surface area contributed by atoms with Crippen molar-refractivity contribution in [3.8, 4) is 0 Å². The van der Waals surface area contributed by atoms with Gasteiger partial charge in [-0.1, -0.05) is 42.5 Å². The van der Waals surface area contributed by atoms with Crippen LogP contribution in [0.15, 0.2) is 48.7 Å². The van der Waals surface area contributed by atoms with E-state index in [1.165, 1.54) is 24.1 Å². The molecule has 1 fully saturated rings. The van der Waals surface area contributed by atoms with E-state index in [0.717, 1.165) is 19.1 Å². The fraction of sp³-hybridized carbons (Fsp3) is 0.353. The molecule has 0 bridgehead atoms. The maximum Gasteiger partial charge on any atom is 0.0521 e. The van der Waals surface area contributed by atoms with E-state index < -0.39 is 0 Å². The van der Waals surface area contributed by atoms with Crippen molar-refractivity contribution >= 4 is 6.08 Å². The van der Waals surface area contributed by atoms with Crippen LogP contribution >= 0.6 is 0 Å². The van der Waals surface area contributed by atoms with Crippen LogP contribution in [0, 0.1) is 0 Å². The van der Waals surface area contributed by atoms with Gasteiger partial charge in [-0.05, 0) is 24.5 Å². The molecule has 1 aliphatic carbocycles. The van der Waals surface area contributed by atoms with Gasteiger partial charge in [-0.15, -0.1) is 0 Å². The van der Waals surface area contributed by atoms with Gasteiger partial charge in [0.1, 0.15) is 0 Å². The third-order valence-corrected chi connectivity index (χ3v) is 3.80. The summed E-state index contributed by atoms with van der Waals surface area (Å²) in [6.07, 6.45) is 9.01. The molecule has 3 nitrogen and oxygen atoms in total. The molecule has 20 heavy (non-hydrogen) atoms. The van der Waals surface area contributed by atoms with E-state index >= 15 is 0 Å². The van der Waals surface area contributed by atoms with Crippen molar-refractivity contribution in [2.24, 2.45) is 7.05 Å². The van der Waals surface area contributed by atoms with Gasteiger partial charge in [-0.2, -0.15) is 5.10 Å². The van der Waals surface area contributed by atoms with Crippen LogP contribution in [-0.4, -0.2) is 27.3 Å². The predicted octanol–water partition coefficient (Wildman–Crippen LogP) is 3.10. The highest BCUT2D eigenvalue weighted by Gasteiger charge is 2.28. The zero-order chi connectivity index (χ0) is 13.8. The Bertz CT molecular complexity index is 567. The molecule has 3 rings (SSSR count). The number of hydrogen-bond acceptors (Lipinski definition) is 2. The second-order valence-electron chi connectivity index (χ2n) is 5.42. The lowest BCUT2D eigenvalue weighted by Gasteiger charge is -2.20. The summed E-state index contributed by atoms with van der Waals surface area (Å²) >= 11 is 0. The normalized spacial score (nSPS) is 15.3. The molecule has 3 heteroatoms. The summed E-state index contributed by atoms with van der Waals surface area (Å²) in [5.41, 5.74) is 2.55. The van der Waals surface area contributed by atoms with E-state index in [1.54, 1.807) is 0 Å². The van der Waals surface area contributed by atoms with Crippen molar-refractivity contribution in [2.45, 2.75) is 25.4 Å². The first kappa shape index (κ1) is 13.1. The first-order chi connectivity index (χ1) is 9.83. The number of aromatic nitrogens is 2. The molecule has 2 aromatic rings. The number of rotatable bonds is 6.